The van der Waals surface area contributed by atoms with Crippen LogP contribution in [-0.2, 0) is 5.60 Å². The molecule has 1 aromatic heterocycles. The smallest absolute Gasteiger partial charge is 0.162 e. The van der Waals surface area contributed by atoms with E-state index in [0.29, 0.717) is 5.75 Å². The number of nitrogens with zero attached hydrogens (tertiary/aromatic N) is 3. The molecule has 1 fully saturated rings. The number of rotatable bonds is 5. The molecule has 0 atom stereocenters. The van der Waals surface area contributed by atoms with E-state index in [2.05, 4.69) is 30.8 Å². The standard InChI is InChI=1S/C15H27N3O2/c1-5-8-17-9-6-15(19,7-10-17)14-13(20-4)11-16-18(14)12(2)3/h11-12,19H,5-10H2,1-4H3. The predicted octanol–water partition coefficient (Wildman–Crippen LogP) is 2.17. The number of aromatic nitrogens is 2. The number of piperidine rings is 1. The van der Waals surface area contributed by atoms with Crippen molar-refractivity contribution in [2.75, 3.05) is 26.7 Å². The molecule has 1 aliphatic heterocycles. The summed E-state index contributed by atoms with van der Waals surface area (Å²) in [6, 6.07) is 0.214. The summed E-state index contributed by atoms with van der Waals surface area (Å²) >= 11 is 0. The number of ether oxygens (including phenoxy) is 1. The SMILES string of the molecule is CCCN1CCC(O)(c2c(OC)cnn2C(C)C)CC1. The first-order valence-electron chi connectivity index (χ1n) is 7.58. The second-order valence-electron chi connectivity index (χ2n) is 5.97. The van der Waals surface area contributed by atoms with Gasteiger partial charge >= 0.3 is 0 Å². The Labute approximate surface area is 121 Å². The van der Waals surface area contributed by atoms with Crippen LogP contribution in [0.15, 0.2) is 6.20 Å². The second-order valence-corrected chi connectivity index (χ2v) is 5.97. The molecule has 1 aliphatic rings. The average molecular weight is 281 g/mol. The molecule has 5 nitrogen and oxygen atoms in total. The van der Waals surface area contributed by atoms with Gasteiger partial charge in [-0.15, -0.1) is 0 Å². The first-order chi connectivity index (χ1) is 9.51. The molecule has 1 aromatic rings. The van der Waals surface area contributed by atoms with Crippen LogP contribution in [0.4, 0.5) is 0 Å². The normalized spacial score (nSPS) is 19.5. The molecule has 20 heavy (non-hydrogen) atoms. The molecule has 1 saturated heterocycles. The maximum absolute atomic E-state index is 11.1. The summed E-state index contributed by atoms with van der Waals surface area (Å²) in [5, 5.41) is 15.5. The summed E-state index contributed by atoms with van der Waals surface area (Å²) in [5.74, 6) is 0.699. The maximum Gasteiger partial charge on any atom is 0.162 e. The van der Waals surface area contributed by atoms with Crippen molar-refractivity contribution in [3.05, 3.63) is 11.9 Å². The van der Waals surface area contributed by atoms with E-state index in [0.717, 1.165) is 44.6 Å². The van der Waals surface area contributed by atoms with Gasteiger partial charge in [0.25, 0.3) is 0 Å². The van der Waals surface area contributed by atoms with Crippen molar-refractivity contribution in [3.63, 3.8) is 0 Å². The number of hydrogen-bond donors (Lipinski definition) is 1. The highest BCUT2D eigenvalue weighted by Gasteiger charge is 2.39. The average Bonchev–Trinajstić information content (AvgIpc) is 2.87. The van der Waals surface area contributed by atoms with Gasteiger partial charge in [0.2, 0.25) is 0 Å². The minimum Gasteiger partial charge on any atom is -0.493 e. The Morgan fingerprint density at radius 3 is 2.55 bits per heavy atom. The van der Waals surface area contributed by atoms with Gasteiger partial charge in [0.05, 0.1) is 13.3 Å². The summed E-state index contributed by atoms with van der Waals surface area (Å²) in [7, 11) is 1.64. The van der Waals surface area contributed by atoms with Crippen LogP contribution >= 0.6 is 0 Å². The van der Waals surface area contributed by atoms with E-state index >= 15 is 0 Å². The van der Waals surface area contributed by atoms with Crippen molar-refractivity contribution in [1.82, 2.24) is 14.7 Å². The van der Waals surface area contributed by atoms with Crippen LogP contribution in [0.5, 0.6) is 5.75 Å². The van der Waals surface area contributed by atoms with Gasteiger partial charge in [0.15, 0.2) is 5.75 Å². The van der Waals surface area contributed by atoms with E-state index < -0.39 is 5.60 Å². The zero-order chi connectivity index (χ0) is 14.8. The van der Waals surface area contributed by atoms with Gasteiger partial charge in [-0.2, -0.15) is 5.10 Å². The van der Waals surface area contributed by atoms with E-state index in [9.17, 15) is 5.11 Å². The van der Waals surface area contributed by atoms with Gasteiger partial charge in [0, 0.05) is 19.1 Å². The van der Waals surface area contributed by atoms with Gasteiger partial charge in [-0.05, 0) is 39.7 Å². The lowest BCUT2D eigenvalue weighted by molar-refractivity contribution is -0.0348. The van der Waals surface area contributed by atoms with E-state index in [-0.39, 0.29) is 6.04 Å². The fourth-order valence-corrected chi connectivity index (χ4v) is 3.03. The van der Waals surface area contributed by atoms with E-state index in [1.54, 1.807) is 13.3 Å². The third kappa shape index (κ3) is 2.83. The molecule has 5 heteroatoms. The van der Waals surface area contributed by atoms with Crippen LogP contribution in [0.25, 0.3) is 0 Å². The van der Waals surface area contributed by atoms with E-state index in [1.807, 2.05) is 4.68 Å². The number of hydrogen-bond acceptors (Lipinski definition) is 4. The number of methoxy groups -OCH3 is 1. The van der Waals surface area contributed by atoms with Crippen molar-refractivity contribution < 1.29 is 9.84 Å². The fraction of sp³-hybridized carbons (Fsp3) is 0.800. The monoisotopic (exact) mass is 281 g/mol. The molecule has 2 rings (SSSR count). The quantitative estimate of drug-likeness (QED) is 0.898. The van der Waals surface area contributed by atoms with Crippen LogP contribution in [0.3, 0.4) is 0 Å². The predicted molar refractivity (Wildman–Crippen MR) is 79.0 cm³/mol. The van der Waals surface area contributed by atoms with Crippen molar-refractivity contribution in [3.8, 4) is 5.75 Å². The third-order valence-corrected chi connectivity index (χ3v) is 4.13. The van der Waals surface area contributed by atoms with Crippen molar-refractivity contribution in [2.24, 2.45) is 0 Å². The summed E-state index contributed by atoms with van der Waals surface area (Å²) in [6.07, 6.45) is 4.35. The maximum atomic E-state index is 11.1. The Hall–Kier alpha value is -1.07. The zero-order valence-corrected chi connectivity index (χ0v) is 13.1. The molecule has 0 radical (unpaired) electrons. The van der Waals surface area contributed by atoms with E-state index in [4.69, 9.17) is 4.74 Å². The number of likely N-dealkylation sites (tertiary alicyclic amines) is 1. The van der Waals surface area contributed by atoms with Crippen LogP contribution < -0.4 is 4.74 Å². The Balaban J connectivity index is 2.24. The molecule has 0 spiro atoms. The molecular formula is C15H27N3O2. The Morgan fingerprint density at radius 1 is 1.40 bits per heavy atom. The third-order valence-electron chi connectivity index (χ3n) is 4.13. The Bertz CT molecular complexity index is 434. The van der Waals surface area contributed by atoms with Crippen LogP contribution in [-0.4, -0.2) is 46.5 Å². The van der Waals surface area contributed by atoms with Crippen molar-refractivity contribution in [2.45, 2.75) is 51.7 Å². The summed E-state index contributed by atoms with van der Waals surface area (Å²) in [4.78, 5) is 2.41. The molecule has 0 aliphatic carbocycles. The highest BCUT2D eigenvalue weighted by Crippen LogP contribution is 2.39. The molecule has 0 aromatic carbocycles. The van der Waals surface area contributed by atoms with Crippen LogP contribution in [0, 0.1) is 0 Å². The minimum absolute atomic E-state index is 0.214. The van der Waals surface area contributed by atoms with Gasteiger partial charge in [-0.25, -0.2) is 0 Å². The number of aliphatic hydroxyl groups is 1. The molecule has 0 unspecified atom stereocenters. The molecule has 0 saturated carbocycles. The van der Waals surface area contributed by atoms with Gasteiger partial charge in [0.1, 0.15) is 11.3 Å². The molecule has 114 valence electrons. The summed E-state index contributed by atoms with van der Waals surface area (Å²) in [6.45, 7) is 9.30. The second kappa shape index (κ2) is 6.14. The van der Waals surface area contributed by atoms with E-state index in [1.165, 1.54) is 0 Å². The molecule has 0 bridgehead atoms. The summed E-state index contributed by atoms with van der Waals surface area (Å²) in [5.41, 5.74) is 0.0160. The van der Waals surface area contributed by atoms with Crippen LogP contribution in [0.2, 0.25) is 0 Å². The topological polar surface area (TPSA) is 50.5 Å². The lowest BCUT2D eigenvalue weighted by Gasteiger charge is -2.39. The van der Waals surface area contributed by atoms with Crippen molar-refractivity contribution >= 4 is 0 Å². The fourth-order valence-electron chi connectivity index (χ4n) is 3.03. The first kappa shape index (κ1) is 15.3. The molecule has 1 N–H and O–H groups in total. The minimum atomic E-state index is -0.823. The molecule has 0 amide bonds. The first-order valence-corrected chi connectivity index (χ1v) is 7.58. The van der Waals surface area contributed by atoms with Crippen molar-refractivity contribution in [1.29, 1.82) is 0 Å². The van der Waals surface area contributed by atoms with Gasteiger partial charge in [-0.3, -0.25) is 4.68 Å². The van der Waals surface area contributed by atoms with Gasteiger partial charge < -0.3 is 14.7 Å². The highest BCUT2D eigenvalue weighted by molar-refractivity contribution is 5.31. The molecule has 2 heterocycles. The lowest BCUT2D eigenvalue weighted by Crippen LogP contribution is -2.44. The largest absolute Gasteiger partial charge is 0.493 e. The lowest BCUT2D eigenvalue weighted by atomic mass is 9.87. The Kier molecular flexibility index (Phi) is 4.70. The summed E-state index contributed by atoms with van der Waals surface area (Å²) < 4.78 is 7.31. The Morgan fingerprint density at radius 2 is 2.05 bits per heavy atom. The zero-order valence-electron chi connectivity index (χ0n) is 13.1. The highest BCUT2D eigenvalue weighted by atomic mass is 16.5. The van der Waals surface area contributed by atoms with Crippen LogP contribution in [0.1, 0.15) is 51.8 Å². The van der Waals surface area contributed by atoms with Gasteiger partial charge in [-0.1, -0.05) is 6.92 Å². The molecular weight excluding hydrogens is 254 g/mol.